The van der Waals surface area contributed by atoms with E-state index in [0.717, 1.165) is 0 Å². The third-order valence-corrected chi connectivity index (χ3v) is 4.25. The number of ether oxygens (including phenoxy) is 2. The van der Waals surface area contributed by atoms with Crippen LogP contribution in [-0.4, -0.2) is 42.3 Å². The predicted octanol–water partition coefficient (Wildman–Crippen LogP) is 1.05. The predicted molar refractivity (Wildman–Crippen MR) is 101 cm³/mol. The van der Waals surface area contributed by atoms with Gasteiger partial charge in [-0.3, -0.25) is 14.6 Å². The Hall–Kier alpha value is -2.65. The number of aromatic nitrogens is 2. The fraction of sp³-hybridized carbons (Fsp3) is 0.353. The first kappa shape index (κ1) is 19.7. The monoisotopic (exact) mass is 378 g/mol. The number of aromatic amines is 1. The van der Waals surface area contributed by atoms with Gasteiger partial charge in [0.2, 0.25) is 5.91 Å². The van der Waals surface area contributed by atoms with E-state index < -0.39 is 11.9 Å². The topological polar surface area (TPSA) is 111 Å². The van der Waals surface area contributed by atoms with Gasteiger partial charge in [-0.15, -0.1) is 0 Å². The first-order valence-corrected chi connectivity index (χ1v) is 8.37. The molecule has 0 aliphatic heterocycles. The Morgan fingerprint density at radius 3 is 2.69 bits per heavy atom. The minimum absolute atomic E-state index is 0.277. The van der Waals surface area contributed by atoms with Crippen molar-refractivity contribution in [2.45, 2.75) is 19.5 Å². The number of H-pyrrole nitrogens is 1. The fourth-order valence-electron chi connectivity index (χ4n) is 2.47. The van der Waals surface area contributed by atoms with Crippen molar-refractivity contribution >= 4 is 18.1 Å². The second-order valence-electron chi connectivity index (χ2n) is 5.62. The molecule has 2 rings (SSSR count). The number of hydrogen-bond acceptors (Lipinski definition) is 6. The summed E-state index contributed by atoms with van der Waals surface area (Å²) in [6, 6.07) is 6.30. The number of methoxy groups -OCH3 is 2. The van der Waals surface area contributed by atoms with Crippen LogP contribution in [0.1, 0.15) is 6.92 Å². The quantitative estimate of drug-likeness (QED) is 0.592. The molecule has 4 N–H and O–H groups in total. The largest absolute Gasteiger partial charge is 0.497 e. The van der Waals surface area contributed by atoms with Crippen LogP contribution in [-0.2, 0) is 11.3 Å². The molecule has 0 fully saturated rings. The lowest BCUT2D eigenvalue weighted by Crippen LogP contribution is -2.40. The number of nitrogens with zero attached hydrogens (tertiary/aromatic N) is 1. The smallest absolute Gasteiger partial charge is 0.252 e. The third-order valence-electron chi connectivity index (χ3n) is 3.93. The van der Waals surface area contributed by atoms with E-state index >= 15 is 0 Å². The Kier molecular flexibility index (Phi) is 6.53. The molecule has 0 unspecified atom stereocenters. The molecule has 140 valence electrons. The van der Waals surface area contributed by atoms with E-state index in [9.17, 15) is 9.59 Å². The van der Waals surface area contributed by atoms with Crippen molar-refractivity contribution in [2.75, 3.05) is 20.8 Å². The van der Waals surface area contributed by atoms with Crippen LogP contribution in [0, 0.1) is 4.77 Å². The molecule has 0 saturated carbocycles. The molecule has 0 aliphatic rings. The number of carbonyl (C=O) groups excluding carboxylic acids is 1. The molecule has 0 aliphatic carbocycles. The van der Waals surface area contributed by atoms with Gasteiger partial charge in [0.05, 0.1) is 26.0 Å². The average molecular weight is 378 g/mol. The number of rotatable bonds is 8. The molecule has 8 nitrogen and oxygen atoms in total. The molecule has 1 atom stereocenters. The van der Waals surface area contributed by atoms with Crippen LogP contribution in [0.2, 0.25) is 0 Å². The molecular formula is C17H22N4O4S. The number of amides is 1. The number of benzene rings is 1. The molecule has 26 heavy (non-hydrogen) atoms. The minimum Gasteiger partial charge on any atom is -0.497 e. The highest BCUT2D eigenvalue weighted by Crippen LogP contribution is 2.32. The summed E-state index contributed by atoms with van der Waals surface area (Å²) in [5.74, 6) is 0.751. The van der Waals surface area contributed by atoms with Crippen molar-refractivity contribution in [3.63, 3.8) is 0 Å². The van der Waals surface area contributed by atoms with Gasteiger partial charge in [0.15, 0.2) is 4.77 Å². The van der Waals surface area contributed by atoms with Gasteiger partial charge in [-0.1, -0.05) is 0 Å². The van der Waals surface area contributed by atoms with E-state index in [4.69, 9.17) is 27.4 Å². The van der Waals surface area contributed by atoms with Gasteiger partial charge in [0.25, 0.3) is 5.56 Å². The van der Waals surface area contributed by atoms with Crippen molar-refractivity contribution in [3.05, 3.63) is 39.4 Å². The maximum absolute atomic E-state index is 12.0. The Bertz CT molecular complexity index is 906. The van der Waals surface area contributed by atoms with Gasteiger partial charge in [-0.25, -0.2) is 0 Å². The molecule has 1 heterocycles. The van der Waals surface area contributed by atoms with Crippen LogP contribution in [0.4, 0.5) is 0 Å². The highest BCUT2D eigenvalue weighted by Gasteiger charge is 2.14. The summed E-state index contributed by atoms with van der Waals surface area (Å²) in [7, 11) is 3.11. The summed E-state index contributed by atoms with van der Waals surface area (Å²) in [5, 5.41) is 3.01. The van der Waals surface area contributed by atoms with Crippen LogP contribution in [0.3, 0.4) is 0 Å². The van der Waals surface area contributed by atoms with Gasteiger partial charge in [0, 0.05) is 30.8 Å². The maximum atomic E-state index is 12.0. The first-order chi connectivity index (χ1) is 12.4. The van der Waals surface area contributed by atoms with Gasteiger partial charge < -0.3 is 25.1 Å². The number of hydrogen-bond donors (Lipinski definition) is 3. The Labute approximate surface area is 155 Å². The van der Waals surface area contributed by atoms with Crippen molar-refractivity contribution in [1.29, 1.82) is 0 Å². The standard InChI is InChI=1S/C17H22N4O4S/c1-10(16(18)23)19-6-7-21-13(9-15(22)20-17(21)26)12-5-4-11(24-2)8-14(12)25-3/h4-5,8-10,19H,6-7H2,1-3H3,(H2,18,23)(H,20,22,26)/t10-/m1/s1. The lowest BCUT2D eigenvalue weighted by molar-refractivity contribution is -0.119. The van der Waals surface area contributed by atoms with E-state index in [0.29, 0.717) is 35.8 Å². The Balaban J connectivity index is 2.44. The average Bonchev–Trinajstić information content (AvgIpc) is 2.62. The Morgan fingerprint density at radius 2 is 2.08 bits per heavy atom. The minimum atomic E-state index is -0.467. The zero-order chi connectivity index (χ0) is 19.3. The van der Waals surface area contributed by atoms with Gasteiger partial charge in [-0.05, 0) is 31.3 Å². The van der Waals surface area contributed by atoms with Crippen LogP contribution >= 0.6 is 12.2 Å². The van der Waals surface area contributed by atoms with Gasteiger partial charge in [-0.2, -0.15) is 0 Å². The van der Waals surface area contributed by atoms with E-state index in [2.05, 4.69) is 10.3 Å². The molecule has 1 aromatic heterocycles. The molecular weight excluding hydrogens is 356 g/mol. The van der Waals surface area contributed by atoms with Crippen molar-refractivity contribution in [2.24, 2.45) is 5.73 Å². The molecule has 0 radical (unpaired) electrons. The van der Waals surface area contributed by atoms with E-state index in [-0.39, 0.29) is 10.3 Å². The normalized spacial score (nSPS) is 11.8. The Morgan fingerprint density at radius 1 is 1.35 bits per heavy atom. The van der Waals surface area contributed by atoms with Crippen molar-refractivity contribution in [1.82, 2.24) is 14.9 Å². The highest BCUT2D eigenvalue weighted by atomic mass is 32.1. The van der Waals surface area contributed by atoms with Crippen LogP contribution in [0.5, 0.6) is 11.5 Å². The van der Waals surface area contributed by atoms with Crippen molar-refractivity contribution < 1.29 is 14.3 Å². The van der Waals surface area contributed by atoms with E-state index in [1.807, 2.05) is 0 Å². The number of nitrogens with one attached hydrogen (secondary N) is 2. The summed E-state index contributed by atoms with van der Waals surface area (Å²) in [5.41, 5.74) is 6.24. The zero-order valence-corrected chi connectivity index (χ0v) is 15.7. The number of primary amides is 1. The molecule has 9 heteroatoms. The van der Waals surface area contributed by atoms with Crippen LogP contribution in [0.15, 0.2) is 29.1 Å². The first-order valence-electron chi connectivity index (χ1n) is 7.96. The number of nitrogens with two attached hydrogens (primary N) is 1. The van der Waals surface area contributed by atoms with E-state index in [1.165, 1.54) is 6.07 Å². The van der Waals surface area contributed by atoms with Crippen LogP contribution in [0.25, 0.3) is 11.3 Å². The highest BCUT2D eigenvalue weighted by molar-refractivity contribution is 7.71. The summed E-state index contributed by atoms with van der Waals surface area (Å²) in [6.07, 6.45) is 0. The number of carbonyl (C=O) groups is 1. The summed E-state index contributed by atoms with van der Waals surface area (Å²) >= 11 is 5.31. The fourth-order valence-corrected chi connectivity index (χ4v) is 2.76. The van der Waals surface area contributed by atoms with E-state index in [1.54, 1.807) is 43.9 Å². The second kappa shape index (κ2) is 8.63. The van der Waals surface area contributed by atoms with Gasteiger partial charge in [0.1, 0.15) is 11.5 Å². The van der Waals surface area contributed by atoms with Crippen molar-refractivity contribution in [3.8, 4) is 22.8 Å². The van der Waals surface area contributed by atoms with Crippen LogP contribution < -0.4 is 26.1 Å². The molecule has 1 amide bonds. The summed E-state index contributed by atoms with van der Waals surface area (Å²) in [4.78, 5) is 25.7. The molecule has 0 spiro atoms. The lowest BCUT2D eigenvalue weighted by Gasteiger charge is -2.17. The molecule has 0 saturated heterocycles. The molecule has 2 aromatic rings. The third kappa shape index (κ3) is 4.50. The summed E-state index contributed by atoms with van der Waals surface area (Å²) in [6.45, 7) is 2.55. The molecule has 0 bridgehead atoms. The second-order valence-corrected chi connectivity index (χ2v) is 6.01. The molecule has 1 aromatic carbocycles. The lowest BCUT2D eigenvalue weighted by atomic mass is 10.1. The SMILES string of the molecule is COc1ccc(-c2cc(=O)[nH]c(=S)n2CCN[C@H](C)C(N)=O)c(OC)c1. The van der Waals surface area contributed by atoms with Gasteiger partial charge >= 0.3 is 0 Å². The zero-order valence-electron chi connectivity index (χ0n) is 14.9. The summed E-state index contributed by atoms with van der Waals surface area (Å²) < 4.78 is 12.7. The maximum Gasteiger partial charge on any atom is 0.252 e.